The summed E-state index contributed by atoms with van der Waals surface area (Å²) in [5.74, 6) is -0.556. The molecule has 21 heavy (non-hydrogen) atoms. The lowest BCUT2D eigenvalue weighted by Gasteiger charge is -2.19. The third-order valence-electron chi connectivity index (χ3n) is 3.16. The summed E-state index contributed by atoms with van der Waals surface area (Å²) in [5.41, 5.74) is 5.87. The molecule has 0 fully saturated rings. The molecule has 0 heterocycles. The molecule has 0 aromatic heterocycles. The number of nitrogens with one attached hydrogen (secondary N) is 2. The van der Waals surface area contributed by atoms with Gasteiger partial charge >= 0.3 is 0 Å². The smallest absolute Gasteiger partial charge is 0.242 e. The Kier molecular flexibility index (Phi) is 6.32. The molecule has 1 rings (SSSR count). The van der Waals surface area contributed by atoms with Crippen LogP contribution in [0.25, 0.3) is 0 Å². The van der Waals surface area contributed by atoms with Crippen LogP contribution in [0.15, 0.2) is 29.2 Å². The zero-order chi connectivity index (χ0) is 16.0. The van der Waals surface area contributed by atoms with E-state index in [4.69, 9.17) is 5.73 Å². The maximum absolute atomic E-state index is 12.2. The maximum Gasteiger partial charge on any atom is 0.242 e. The van der Waals surface area contributed by atoms with Crippen LogP contribution in [0.3, 0.4) is 0 Å². The molecule has 6 nitrogen and oxygen atoms in total. The molecule has 1 unspecified atom stereocenters. The molecule has 0 aliphatic heterocycles. The van der Waals surface area contributed by atoms with Crippen molar-refractivity contribution < 1.29 is 13.2 Å². The number of rotatable bonds is 7. The summed E-state index contributed by atoms with van der Waals surface area (Å²) < 4.78 is 26.7. The maximum atomic E-state index is 12.2. The first kappa shape index (κ1) is 17.6. The molecule has 0 saturated heterocycles. The van der Waals surface area contributed by atoms with Gasteiger partial charge in [-0.3, -0.25) is 4.79 Å². The Morgan fingerprint density at radius 2 is 1.90 bits per heavy atom. The average Bonchev–Trinajstić information content (AvgIpc) is 2.39. The van der Waals surface area contributed by atoms with E-state index in [2.05, 4.69) is 10.0 Å². The van der Waals surface area contributed by atoms with Gasteiger partial charge in [0.2, 0.25) is 15.9 Å². The second-order valence-electron chi connectivity index (χ2n) is 5.07. The van der Waals surface area contributed by atoms with Crippen molar-refractivity contribution in [1.29, 1.82) is 0 Å². The van der Waals surface area contributed by atoms with Crippen LogP contribution in [0.1, 0.15) is 20.8 Å². The lowest BCUT2D eigenvalue weighted by atomic mass is 9.95. The zero-order valence-electron chi connectivity index (χ0n) is 12.6. The number of carbonyl (C=O) groups is 1. The van der Waals surface area contributed by atoms with Crippen LogP contribution in [-0.4, -0.2) is 27.4 Å². The van der Waals surface area contributed by atoms with Crippen molar-refractivity contribution in [2.24, 2.45) is 17.6 Å². The lowest BCUT2D eigenvalue weighted by Crippen LogP contribution is -2.33. The first-order chi connectivity index (χ1) is 9.83. The molecule has 0 spiro atoms. The molecule has 0 aliphatic rings. The van der Waals surface area contributed by atoms with Crippen LogP contribution in [0.5, 0.6) is 0 Å². The number of carbonyl (C=O) groups excluding carboxylic acids is 1. The molecule has 1 amide bonds. The molecule has 1 aromatic carbocycles. The van der Waals surface area contributed by atoms with Gasteiger partial charge in [0.1, 0.15) is 4.90 Å². The van der Waals surface area contributed by atoms with Crippen molar-refractivity contribution in [1.82, 2.24) is 4.72 Å². The number of hydrogen-bond donors (Lipinski definition) is 3. The summed E-state index contributed by atoms with van der Waals surface area (Å²) in [4.78, 5) is 12.3. The van der Waals surface area contributed by atoms with Gasteiger partial charge in [-0.2, -0.15) is 0 Å². The molecule has 0 aliphatic carbocycles. The van der Waals surface area contributed by atoms with E-state index in [1.54, 1.807) is 25.1 Å². The molecule has 7 heteroatoms. The summed E-state index contributed by atoms with van der Waals surface area (Å²) in [6.07, 6.45) is 0. The monoisotopic (exact) mass is 313 g/mol. The van der Waals surface area contributed by atoms with Crippen molar-refractivity contribution in [3.63, 3.8) is 0 Å². The van der Waals surface area contributed by atoms with Crippen LogP contribution in [0.4, 0.5) is 5.69 Å². The SMILES string of the molecule is CCNS(=O)(=O)c1ccccc1NC(=O)C(CN)C(C)C. The fourth-order valence-corrected chi connectivity index (χ4v) is 3.18. The van der Waals surface area contributed by atoms with Gasteiger partial charge in [-0.25, -0.2) is 13.1 Å². The first-order valence-corrected chi connectivity index (χ1v) is 8.41. The van der Waals surface area contributed by atoms with Crippen LogP contribution in [0.2, 0.25) is 0 Å². The third kappa shape index (κ3) is 4.52. The van der Waals surface area contributed by atoms with E-state index in [0.29, 0.717) is 0 Å². The van der Waals surface area contributed by atoms with Crippen molar-refractivity contribution in [3.8, 4) is 0 Å². The Morgan fingerprint density at radius 1 is 1.29 bits per heavy atom. The minimum absolute atomic E-state index is 0.0553. The standard InChI is InChI=1S/C14H23N3O3S/c1-4-16-21(19,20)13-8-6-5-7-12(13)17-14(18)11(9-15)10(2)3/h5-8,10-11,16H,4,9,15H2,1-3H3,(H,17,18). The number of nitrogens with two attached hydrogens (primary N) is 1. The highest BCUT2D eigenvalue weighted by molar-refractivity contribution is 7.89. The summed E-state index contributed by atoms with van der Waals surface area (Å²) in [6, 6.07) is 6.31. The molecule has 0 radical (unpaired) electrons. The summed E-state index contributed by atoms with van der Waals surface area (Å²) in [5, 5.41) is 2.67. The van der Waals surface area contributed by atoms with E-state index >= 15 is 0 Å². The Labute approximate surface area is 126 Å². The Hall–Kier alpha value is -1.44. The number of hydrogen-bond acceptors (Lipinski definition) is 4. The summed E-state index contributed by atoms with van der Waals surface area (Å²) >= 11 is 0. The van der Waals surface area contributed by atoms with Gasteiger partial charge in [0.15, 0.2) is 0 Å². The molecule has 1 atom stereocenters. The third-order valence-corrected chi connectivity index (χ3v) is 4.77. The van der Waals surface area contributed by atoms with Crippen LogP contribution in [0, 0.1) is 11.8 Å². The van der Waals surface area contributed by atoms with E-state index in [0.717, 1.165) is 0 Å². The molecule has 118 valence electrons. The van der Waals surface area contributed by atoms with Crippen molar-refractivity contribution in [2.45, 2.75) is 25.7 Å². The van der Waals surface area contributed by atoms with Crippen LogP contribution in [-0.2, 0) is 14.8 Å². The normalized spacial score (nSPS) is 13.2. The quantitative estimate of drug-likeness (QED) is 0.703. The highest BCUT2D eigenvalue weighted by Gasteiger charge is 2.23. The largest absolute Gasteiger partial charge is 0.330 e. The van der Waals surface area contributed by atoms with E-state index < -0.39 is 10.0 Å². The number of benzene rings is 1. The molecule has 0 saturated carbocycles. The first-order valence-electron chi connectivity index (χ1n) is 6.93. The van der Waals surface area contributed by atoms with Gasteiger partial charge in [-0.15, -0.1) is 0 Å². The lowest BCUT2D eigenvalue weighted by molar-refractivity contribution is -0.120. The Balaban J connectivity index is 3.08. The second-order valence-corrected chi connectivity index (χ2v) is 6.81. The van der Waals surface area contributed by atoms with Gasteiger partial charge in [0, 0.05) is 13.1 Å². The molecule has 1 aromatic rings. The van der Waals surface area contributed by atoms with Gasteiger partial charge < -0.3 is 11.1 Å². The molecular formula is C14H23N3O3S. The number of anilines is 1. The molecule has 0 bridgehead atoms. The van der Waals surface area contributed by atoms with E-state index in [1.807, 2.05) is 13.8 Å². The minimum atomic E-state index is -3.64. The van der Waals surface area contributed by atoms with Crippen LogP contribution >= 0.6 is 0 Å². The Morgan fingerprint density at radius 3 is 2.43 bits per heavy atom. The molecular weight excluding hydrogens is 290 g/mol. The van der Waals surface area contributed by atoms with Gasteiger partial charge in [-0.05, 0) is 18.1 Å². The van der Waals surface area contributed by atoms with Gasteiger partial charge in [-0.1, -0.05) is 32.9 Å². The van der Waals surface area contributed by atoms with Gasteiger partial charge in [0.05, 0.1) is 11.6 Å². The zero-order valence-corrected chi connectivity index (χ0v) is 13.4. The van der Waals surface area contributed by atoms with Crippen molar-refractivity contribution >= 4 is 21.6 Å². The average molecular weight is 313 g/mol. The van der Waals surface area contributed by atoms with Crippen LogP contribution < -0.4 is 15.8 Å². The predicted molar refractivity (Wildman–Crippen MR) is 83.3 cm³/mol. The number of sulfonamides is 1. The highest BCUT2D eigenvalue weighted by Crippen LogP contribution is 2.22. The summed E-state index contributed by atoms with van der Waals surface area (Å²) in [6.45, 7) is 5.99. The van der Waals surface area contributed by atoms with E-state index in [9.17, 15) is 13.2 Å². The van der Waals surface area contributed by atoms with E-state index in [1.165, 1.54) is 6.07 Å². The fraction of sp³-hybridized carbons (Fsp3) is 0.500. The number of amides is 1. The van der Waals surface area contributed by atoms with Crippen molar-refractivity contribution in [2.75, 3.05) is 18.4 Å². The topological polar surface area (TPSA) is 101 Å². The predicted octanol–water partition coefficient (Wildman–Crippen LogP) is 1.15. The van der Waals surface area contributed by atoms with Crippen molar-refractivity contribution in [3.05, 3.63) is 24.3 Å². The molecule has 4 N–H and O–H groups in total. The van der Waals surface area contributed by atoms with Gasteiger partial charge in [0.25, 0.3) is 0 Å². The highest BCUT2D eigenvalue weighted by atomic mass is 32.2. The number of para-hydroxylation sites is 1. The summed E-state index contributed by atoms with van der Waals surface area (Å²) in [7, 11) is -3.64. The Bertz CT molecular complexity index is 585. The second kappa shape index (κ2) is 7.53. The minimum Gasteiger partial charge on any atom is -0.330 e. The fourth-order valence-electron chi connectivity index (χ4n) is 1.98. The van der Waals surface area contributed by atoms with E-state index in [-0.39, 0.29) is 41.4 Å².